The molecule has 48 heavy (non-hydrogen) atoms. The third-order valence-electron chi connectivity index (χ3n) is 6.29. The predicted octanol–water partition coefficient (Wildman–Crippen LogP) is -1.79. The number of ether oxygens (including phenoxy) is 3. The number of phosphoric acid groups is 1. The van der Waals surface area contributed by atoms with Crippen LogP contribution in [0.25, 0.3) is 11.2 Å². The maximum absolute atomic E-state index is 12.5. The number of amides is 4. The zero-order valence-corrected chi connectivity index (χ0v) is 26.2. The fourth-order valence-electron chi connectivity index (χ4n) is 4.31. The van der Waals surface area contributed by atoms with Gasteiger partial charge in [-0.25, -0.2) is 19.5 Å². The molecule has 4 amide bonds. The summed E-state index contributed by atoms with van der Waals surface area (Å²) < 4.78 is 72.5. The molecule has 0 radical (unpaired) electrons. The summed E-state index contributed by atoms with van der Waals surface area (Å²) in [5.74, 6) is -3.94. The van der Waals surface area contributed by atoms with Crippen LogP contribution in [0.2, 0.25) is 0 Å². The standard InChI is InChI=1S/C24H35F3N9O11P/c1-2-3-14(37)35-20-17-21(33-11-32-20)36(12-34-17)22-19(45-10-16(39)30-6-7-31-23(40)24(25,26)27)18(47-48(41,42)43)13(46-22)8-44-9-15(38)29-5-4-28/h11-13,18-19,22H,2-10,28H2,1H3,(H,29,38)(H,30,39)(H,31,40)(H2,41,42,43)(H,32,33,35,37)/t13-,18-,19-,22-/m1/s1. The Hall–Kier alpha value is -3.83. The molecule has 1 aliphatic heterocycles. The predicted molar refractivity (Wildman–Crippen MR) is 154 cm³/mol. The van der Waals surface area contributed by atoms with Gasteiger partial charge in [-0.2, -0.15) is 13.2 Å². The van der Waals surface area contributed by atoms with E-state index in [1.54, 1.807) is 12.2 Å². The number of fused-ring (bicyclic) bond motifs is 1. The summed E-state index contributed by atoms with van der Waals surface area (Å²) in [6.45, 7) is -0.648. The fourth-order valence-corrected chi connectivity index (χ4v) is 4.88. The third-order valence-corrected chi connectivity index (χ3v) is 6.81. The molecule has 0 unspecified atom stereocenters. The topological polar surface area (TPSA) is 280 Å². The normalized spacial score (nSPS) is 19.6. The van der Waals surface area contributed by atoms with Crippen LogP contribution >= 0.6 is 7.82 Å². The molecular weight excluding hydrogens is 678 g/mol. The molecule has 0 spiro atoms. The van der Waals surface area contributed by atoms with Gasteiger partial charge in [0.1, 0.15) is 37.9 Å². The number of phosphoric ester groups is 1. The average molecular weight is 714 g/mol. The first-order valence-corrected chi connectivity index (χ1v) is 15.8. The molecule has 2 aromatic heterocycles. The quantitative estimate of drug-likeness (QED) is 0.0664. The largest absolute Gasteiger partial charge is 0.471 e. The van der Waals surface area contributed by atoms with Crippen molar-refractivity contribution in [2.45, 2.75) is 50.5 Å². The number of carbonyl (C=O) groups excluding carboxylic acids is 4. The van der Waals surface area contributed by atoms with Crippen LogP contribution < -0.4 is 27.0 Å². The van der Waals surface area contributed by atoms with Crippen LogP contribution in [0.3, 0.4) is 0 Å². The minimum absolute atomic E-state index is 0.0519. The van der Waals surface area contributed by atoms with E-state index in [2.05, 4.69) is 30.9 Å². The first-order chi connectivity index (χ1) is 22.6. The van der Waals surface area contributed by atoms with Crippen molar-refractivity contribution in [3.8, 4) is 0 Å². The fraction of sp³-hybridized carbons (Fsp3) is 0.625. The molecule has 20 nitrogen and oxygen atoms in total. The number of carbonyl (C=O) groups is 4. The summed E-state index contributed by atoms with van der Waals surface area (Å²) in [5, 5.41) is 8.88. The van der Waals surface area contributed by atoms with Crippen molar-refractivity contribution in [3.63, 3.8) is 0 Å². The average Bonchev–Trinajstić information content (AvgIpc) is 3.57. The van der Waals surface area contributed by atoms with Crippen molar-refractivity contribution < 1.29 is 65.4 Å². The second-order valence-electron chi connectivity index (χ2n) is 10.0. The van der Waals surface area contributed by atoms with E-state index in [9.17, 15) is 46.7 Å². The second-order valence-corrected chi connectivity index (χ2v) is 11.2. The number of hydrogen-bond donors (Lipinski definition) is 7. The lowest BCUT2D eigenvalue weighted by atomic mass is 10.1. The minimum atomic E-state index is -5.27. The summed E-state index contributed by atoms with van der Waals surface area (Å²) in [6.07, 6.45) is -7.92. The molecule has 2 aromatic rings. The number of rotatable bonds is 18. The van der Waals surface area contributed by atoms with Gasteiger partial charge in [-0.15, -0.1) is 0 Å². The van der Waals surface area contributed by atoms with Crippen LogP contribution in [-0.2, 0) is 42.5 Å². The van der Waals surface area contributed by atoms with Gasteiger partial charge in [0.15, 0.2) is 23.2 Å². The van der Waals surface area contributed by atoms with Crippen molar-refractivity contribution in [3.05, 3.63) is 12.7 Å². The number of nitrogens with zero attached hydrogens (tertiary/aromatic N) is 4. The van der Waals surface area contributed by atoms with Gasteiger partial charge >= 0.3 is 19.9 Å². The summed E-state index contributed by atoms with van der Waals surface area (Å²) in [7, 11) is -5.27. The van der Waals surface area contributed by atoms with E-state index in [0.29, 0.717) is 6.42 Å². The van der Waals surface area contributed by atoms with Gasteiger partial charge in [-0.05, 0) is 6.42 Å². The van der Waals surface area contributed by atoms with Crippen LogP contribution in [0.5, 0.6) is 0 Å². The molecule has 1 saturated heterocycles. The van der Waals surface area contributed by atoms with Gasteiger partial charge in [0.2, 0.25) is 17.7 Å². The van der Waals surface area contributed by atoms with E-state index in [0.717, 1.165) is 6.33 Å². The van der Waals surface area contributed by atoms with E-state index in [4.69, 9.17) is 24.5 Å². The Morgan fingerprint density at radius 3 is 2.38 bits per heavy atom. The number of alkyl halides is 3. The highest BCUT2D eigenvalue weighted by atomic mass is 31.2. The number of hydrogen-bond acceptors (Lipinski definition) is 13. The lowest BCUT2D eigenvalue weighted by molar-refractivity contribution is -0.173. The van der Waals surface area contributed by atoms with Gasteiger partial charge in [0.05, 0.1) is 12.9 Å². The van der Waals surface area contributed by atoms with Gasteiger partial charge in [0, 0.05) is 32.6 Å². The molecule has 0 bridgehead atoms. The lowest BCUT2D eigenvalue weighted by Gasteiger charge is -2.25. The highest BCUT2D eigenvalue weighted by Gasteiger charge is 2.50. The van der Waals surface area contributed by atoms with Crippen LogP contribution in [0, 0.1) is 0 Å². The third kappa shape index (κ3) is 11.4. The Kier molecular flexibility index (Phi) is 14.1. The zero-order valence-electron chi connectivity index (χ0n) is 25.3. The minimum Gasteiger partial charge on any atom is -0.369 e. The molecule has 1 fully saturated rings. The molecule has 0 aromatic carbocycles. The van der Waals surface area contributed by atoms with Gasteiger partial charge < -0.3 is 51.0 Å². The number of anilines is 1. The van der Waals surface area contributed by atoms with Crippen molar-refractivity contribution in [2.75, 3.05) is 51.3 Å². The Morgan fingerprint density at radius 2 is 1.71 bits per heavy atom. The monoisotopic (exact) mass is 713 g/mol. The highest BCUT2D eigenvalue weighted by Crippen LogP contribution is 2.45. The molecule has 24 heteroatoms. The van der Waals surface area contributed by atoms with E-state index in [1.165, 1.54) is 10.9 Å². The number of nitrogens with one attached hydrogen (secondary N) is 4. The number of halogens is 3. The molecular formula is C24H35F3N9O11P. The van der Waals surface area contributed by atoms with Crippen LogP contribution in [0.4, 0.5) is 19.0 Å². The zero-order chi connectivity index (χ0) is 35.5. The van der Waals surface area contributed by atoms with Crippen molar-refractivity contribution >= 4 is 48.4 Å². The van der Waals surface area contributed by atoms with Crippen LogP contribution in [0.1, 0.15) is 26.0 Å². The van der Waals surface area contributed by atoms with E-state index < -0.39 is 89.2 Å². The first kappa shape index (κ1) is 38.6. The Bertz CT molecular complexity index is 1480. The molecule has 8 N–H and O–H groups in total. The molecule has 4 atom stereocenters. The van der Waals surface area contributed by atoms with E-state index >= 15 is 0 Å². The van der Waals surface area contributed by atoms with Crippen molar-refractivity contribution in [2.24, 2.45) is 5.73 Å². The van der Waals surface area contributed by atoms with Crippen molar-refractivity contribution in [1.82, 2.24) is 35.5 Å². The Morgan fingerprint density at radius 1 is 1.02 bits per heavy atom. The van der Waals surface area contributed by atoms with Crippen molar-refractivity contribution in [1.29, 1.82) is 0 Å². The van der Waals surface area contributed by atoms with Gasteiger partial charge in [-0.3, -0.25) is 28.3 Å². The van der Waals surface area contributed by atoms with E-state index in [-0.39, 0.29) is 42.4 Å². The van der Waals surface area contributed by atoms with Gasteiger partial charge in [0.25, 0.3) is 0 Å². The van der Waals surface area contributed by atoms with Gasteiger partial charge in [-0.1, -0.05) is 6.92 Å². The molecule has 3 heterocycles. The second kappa shape index (κ2) is 17.5. The van der Waals surface area contributed by atoms with E-state index in [1.807, 2.05) is 0 Å². The molecule has 1 aliphatic rings. The number of nitrogens with two attached hydrogens (primary N) is 1. The molecule has 0 aliphatic carbocycles. The first-order valence-electron chi connectivity index (χ1n) is 14.3. The summed E-state index contributed by atoms with van der Waals surface area (Å²) in [6, 6.07) is 0. The highest BCUT2D eigenvalue weighted by molar-refractivity contribution is 7.46. The smallest absolute Gasteiger partial charge is 0.369 e. The molecule has 0 saturated carbocycles. The van der Waals surface area contributed by atoms with Crippen LogP contribution in [-0.4, -0.2) is 123 Å². The molecule has 268 valence electrons. The maximum atomic E-state index is 12.5. The summed E-state index contributed by atoms with van der Waals surface area (Å²) >= 11 is 0. The maximum Gasteiger partial charge on any atom is 0.471 e. The number of aromatic nitrogens is 4. The Balaban J connectivity index is 1.85. The Labute approximate surface area is 269 Å². The summed E-state index contributed by atoms with van der Waals surface area (Å²) in [5.41, 5.74) is 5.52. The van der Waals surface area contributed by atoms with Crippen LogP contribution in [0.15, 0.2) is 12.7 Å². The summed E-state index contributed by atoms with van der Waals surface area (Å²) in [4.78, 5) is 79.5. The SMILES string of the molecule is CCCC(=O)Nc1ncnc2c1ncn2[C@@H]1O[C@H](COCC(=O)NCCN)[C@@H](OP(=O)(O)O)[C@H]1OCC(=O)NCCNC(=O)C(F)(F)F. The number of imidazole rings is 1. The molecule has 3 rings (SSSR count). The lowest BCUT2D eigenvalue weighted by Crippen LogP contribution is -2.43.